The highest BCUT2D eigenvalue weighted by atomic mass is 32.2. The molecule has 7 nitrogen and oxygen atoms in total. The van der Waals surface area contributed by atoms with Crippen molar-refractivity contribution in [1.82, 2.24) is 9.97 Å². The van der Waals surface area contributed by atoms with E-state index in [1.165, 1.54) is 25.3 Å². The zero-order chi connectivity index (χ0) is 21.2. The minimum absolute atomic E-state index is 0.0141. The van der Waals surface area contributed by atoms with E-state index >= 15 is 0 Å². The van der Waals surface area contributed by atoms with Crippen LogP contribution in [0.1, 0.15) is 11.4 Å². The van der Waals surface area contributed by atoms with E-state index in [9.17, 15) is 21.6 Å². The van der Waals surface area contributed by atoms with Crippen molar-refractivity contribution in [2.45, 2.75) is 17.5 Å². The van der Waals surface area contributed by atoms with Crippen LogP contribution in [0.2, 0.25) is 0 Å². The summed E-state index contributed by atoms with van der Waals surface area (Å²) in [6.45, 7) is 0.268. The highest BCUT2D eigenvalue weighted by Gasteiger charge is 2.35. The van der Waals surface area contributed by atoms with Crippen LogP contribution in [0.4, 0.5) is 19.0 Å². The number of halogens is 3. The summed E-state index contributed by atoms with van der Waals surface area (Å²) >= 11 is 0. The average Bonchev–Trinajstić information content (AvgIpc) is 2.66. The zero-order valence-electron chi connectivity index (χ0n) is 15.2. The average molecular weight is 426 g/mol. The summed E-state index contributed by atoms with van der Waals surface area (Å²) in [6.07, 6.45) is -4.27. The van der Waals surface area contributed by atoms with E-state index in [4.69, 9.17) is 9.88 Å². The number of rotatable bonds is 6. The number of benzene rings is 2. The van der Waals surface area contributed by atoms with Gasteiger partial charge in [-0.05, 0) is 36.2 Å². The second kappa shape index (κ2) is 7.84. The Balaban J connectivity index is 1.83. The second-order valence-electron chi connectivity index (χ2n) is 6.14. The molecule has 0 fully saturated rings. The number of fused-ring (bicyclic) bond motifs is 1. The molecule has 2 aromatic carbocycles. The molecule has 29 heavy (non-hydrogen) atoms. The first kappa shape index (κ1) is 20.8. The molecule has 3 N–H and O–H groups in total. The van der Waals surface area contributed by atoms with Crippen molar-refractivity contribution < 1.29 is 26.3 Å². The van der Waals surface area contributed by atoms with Gasteiger partial charge in [-0.1, -0.05) is 12.1 Å². The summed E-state index contributed by atoms with van der Waals surface area (Å²) < 4.78 is 67.1. The van der Waals surface area contributed by atoms with Gasteiger partial charge in [-0.25, -0.2) is 23.5 Å². The lowest BCUT2D eigenvalue weighted by atomic mass is 10.1. The lowest BCUT2D eigenvalue weighted by Crippen LogP contribution is -2.15. The lowest BCUT2D eigenvalue weighted by molar-refractivity contribution is -0.144. The first-order chi connectivity index (χ1) is 13.6. The van der Waals surface area contributed by atoms with Crippen molar-refractivity contribution in [2.75, 3.05) is 19.0 Å². The lowest BCUT2D eigenvalue weighted by Gasteiger charge is -2.13. The van der Waals surface area contributed by atoms with E-state index in [1.54, 1.807) is 24.3 Å². The van der Waals surface area contributed by atoms with Crippen molar-refractivity contribution in [3.63, 3.8) is 0 Å². The molecule has 0 saturated carbocycles. The fourth-order valence-corrected chi connectivity index (χ4v) is 3.18. The number of nitrogens with one attached hydrogen (secondary N) is 1. The molecule has 0 saturated heterocycles. The fourth-order valence-electron chi connectivity index (χ4n) is 2.67. The Bertz CT molecular complexity index is 1130. The number of primary sulfonamides is 1. The number of methoxy groups -OCH3 is 1. The monoisotopic (exact) mass is 426 g/mol. The smallest absolute Gasteiger partial charge is 0.451 e. The van der Waals surface area contributed by atoms with Gasteiger partial charge in [-0.15, -0.1) is 0 Å². The molecule has 3 rings (SSSR count). The third-order valence-electron chi connectivity index (χ3n) is 4.12. The highest BCUT2D eigenvalue weighted by molar-refractivity contribution is 7.89. The first-order valence-electron chi connectivity index (χ1n) is 8.36. The van der Waals surface area contributed by atoms with Crippen LogP contribution in [0, 0.1) is 0 Å². The first-order valence-corrected chi connectivity index (χ1v) is 9.91. The van der Waals surface area contributed by atoms with Crippen LogP contribution in [0.25, 0.3) is 10.9 Å². The Morgan fingerprint density at radius 1 is 1.10 bits per heavy atom. The molecular weight excluding hydrogens is 409 g/mol. The molecule has 1 heterocycles. The minimum Gasteiger partial charge on any atom is -0.497 e. The maximum absolute atomic E-state index is 13.2. The predicted octanol–water partition coefficient (Wildman–Crippen LogP) is 2.96. The van der Waals surface area contributed by atoms with E-state index in [0.717, 1.165) is 5.56 Å². The molecular formula is C18H17F3N4O3S. The van der Waals surface area contributed by atoms with Crippen molar-refractivity contribution in [2.24, 2.45) is 5.14 Å². The van der Waals surface area contributed by atoms with E-state index in [1.807, 2.05) is 0 Å². The van der Waals surface area contributed by atoms with Crippen molar-refractivity contribution in [3.8, 4) is 5.75 Å². The summed E-state index contributed by atoms with van der Waals surface area (Å²) in [5, 5.41) is 8.37. The van der Waals surface area contributed by atoms with E-state index in [2.05, 4.69) is 15.3 Å². The molecule has 0 radical (unpaired) electrons. The molecule has 0 atom stereocenters. The molecule has 0 unspecified atom stereocenters. The van der Waals surface area contributed by atoms with E-state index in [-0.39, 0.29) is 22.8 Å². The molecule has 0 amide bonds. The molecule has 11 heteroatoms. The van der Waals surface area contributed by atoms with E-state index < -0.39 is 22.0 Å². The van der Waals surface area contributed by atoms with Gasteiger partial charge in [0.1, 0.15) is 11.6 Å². The minimum atomic E-state index is -4.70. The number of nitrogens with zero attached hydrogens (tertiary/aromatic N) is 2. The van der Waals surface area contributed by atoms with Gasteiger partial charge in [0.15, 0.2) is 0 Å². The molecule has 0 spiro atoms. The van der Waals surface area contributed by atoms with Gasteiger partial charge in [0, 0.05) is 18.0 Å². The van der Waals surface area contributed by atoms with Crippen molar-refractivity contribution >= 4 is 26.7 Å². The number of hydrogen-bond donors (Lipinski definition) is 2. The Morgan fingerprint density at radius 3 is 2.38 bits per heavy atom. The topological polar surface area (TPSA) is 107 Å². The molecule has 1 aromatic heterocycles. The summed E-state index contributed by atoms with van der Waals surface area (Å²) in [5.74, 6) is -0.824. The summed E-state index contributed by atoms with van der Waals surface area (Å²) in [7, 11) is -2.37. The standard InChI is InChI=1S/C18H17F3N4O3S/c1-28-12-4-7-14-15(10-12)24-17(18(19,20)21)25-16(14)23-9-8-11-2-5-13(6-3-11)29(22,26)27/h2-7,10H,8-9H2,1H3,(H2,22,26,27)(H,23,24,25). The molecule has 3 aromatic rings. The van der Waals surface area contributed by atoms with Crippen molar-refractivity contribution in [1.29, 1.82) is 0 Å². The van der Waals surface area contributed by atoms with Gasteiger partial charge in [0.2, 0.25) is 15.8 Å². The Kier molecular flexibility index (Phi) is 5.62. The van der Waals surface area contributed by atoms with Crippen LogP contribution in [-0.2, 0) is 22.6 Å². The molecule has 0 aliphatic heterocycles. The maximum atomic E-state index is 13.2. The summed E-state index contributed by atoms with van der Waals surface area (Å²) in [4.78, 5) is 7.20. The third kappa shape index (κ3) is 4.93. The van der Waals surface area contributed by atoms with Gasteiger partial charge in [0.25, 0.3) is 0 Å². The number of ether oxygens (including phenoxy) is 1. The third-order valence-corrected chi connectivity index (χ3v) is 5.04. The number of hydrogen-bond acceptors (Lipinski definition) is 6. The summed E-state index contributed by atoms with van der Waals surface area (Å²) in [5.41, 5.74) is 0.882. The van der Waals surface area contributed by atoms with Crippen LogP contribution in [0.15, 0.2) is 47.4 Å². The summed E-state index contributed by atoms with van der Waals surface area (Å²) in [6, 6.07) is 10.5. The predicted molar refractivity (Wildman–Crippen MR) is 101 cm³/mol. The zero-order valence-corrected chi connectivity index (χ0v) is 16.0. The quantitative estimate of drug-likeness (QED) is 0.628. The fraction of sp³-hybridized carbons (Fsp3) is 0.222. The molecule has 0 aliphatic carbocycles. The number of aromatic nitrogens is 2. The van der Waals surface area contributed by atoms with Gasteiger partial charge in [-0.3, -0.25) is 0 Å². The molecule has 154 valence electrons. The van der Waals surface area contributed by atoms with Gasteiger partial charge < -0.3 is 10.1 Å². The van der Waals surface area contributed by atoms with Crippen LogP contribution in [0.3, 0.4) is 0 Å². The van der Waals surface area contributed by atoms with Crippen LogP contribution in [-0.4, -0.2) is 32.0 Å². The van der Waals surface area contributed by atoms with Crippen molar-refractivity contribution in [3.05, 3.63) is 53.9 Å². The maximum Gasteiger partial charge on any atom is 0.451 e. The Morgan fingerprint density at radius 2 is 1.79 bits per heavy atom. The van der Waals surface area contributed by atoms with Gasteiger partial charge in [-0.2, -0.15) is 13.2 Å². The second-order valence-corrected chi connectivity index (χ2v) is 7.70. The van der Waals surface area contributed by atoms with Gasteiger partial charge in [0.05, 0.1) is 17.5 Å². The Labute approximate surface area is 164 Å². The number of sulfonamides is 1. The normalized spacial score (nSPS) is 12.2. The number of nitrogens with two attached hydrogens (primary N) is 1. The highest BCUT2D eigenvalue weighted by Crippen LogP contribution is 2.31. The largest absolute Gasteiger partial charge is 0.497 e. The van der Waals surface area contributed by atoms with Crippen LogP contribution < -0.4 is 15.2 Å². The number of anilines is 1. The van der Waals surface area contributed by atoms with E-state index in [0.29, 0.717) is 17.6 Å². The van der Waals surface area contributed by atoms with Gasteiger partial charge >= 0.3 is 6.18 Å². The van der Waals surface area contributed by atoms with Crippen LogP contribution >= 0.6 is 0 Å². The molecule has 0 bridgehead atoms. The molecule has 0 aliphatic rings. The Hall–Kier alpha value is -2.92. The van der Waals surface area contributed by atoms with Crippen LogP contribution in [0.5, 0.6) is 5.75 Å². The SMILES string of the molecule is COc1ccc2c(NCCc3ccc(S(N)(=O)=O)cc3)nc(C(F)(F)F)nc2c1. The number of alkyl halides is 3.